The van der Waals surface area contributed by atoms with Crippen molar-refractivity contribution in [3.63, 3.8) is 0 Å². The highest BCUT2D eigenvalue weighted by atomic mass is 35.5. The minimum Gasteiger partial charge on any atom is -0.457 e. The Morgan fingerprint density at radius 1 is 0.591 bits per heavy atom. The Balaban J connectivity index is 0.00000176. The van der Waals surface area contributed by atoms with Crippen molar-refractivity contribution in [2.75, 3.05) is 0 Å². The maximum absolute atomic E-state index is 6.28. The van der Waals surface area contributed by atoms with Gasteiger partial charge in [0.05, 0.1) is 6.04 Å². The van der Waals surface area contributed by atoms with Crippen LogP contribution >= 0.6 is 12.4 Å². The lowest BCUT2D eigenvalue weighted by Crippen LogP contribution is -2.11. The number of ether oxygens (including phenoxy) is 1. The molecule has 3 aromatic rings. The lowest BCUT2D eigenvalue weighted by Gasteiger charge is -2.13. The van der Waals surface area contributed by atoms with Crippen LogP contribution < -0.4 is 10.5 Å². The summed E-state index contributed by atoms with van der Waals surface area (Å²) in [6.07, 6.45) is 0. The Kier molecular flexibility index (Phi) is 5.59. The molecule has 0 amide bonds. The van der Waals surface area contributed by atoms with Crippen molar-refractivity contribution in [1.82, 2.24) is 0 Å². The van der Waals surface area contributed by atoms with E-state index in [1.165, 1.54) is 0 Å². The summed E-state index contributed by atoms with van der Waals surface area (Å²) >= 11 is 0. The molecule has 0 fully saturated rings. The molecular weight excluding hydrogens is 294 g/mol. The van der Waals surface area contributed by atoms with Gasteiger partial charge in [0, 0.05) is 0 Å². The Morgan fingerprint density at radius 3 is 1.64 bits per heavy atom. The first-order valence-corrected chi connectivity index (χ1v) is 6.96. The first-order chi connectivity index (χ1) is 10.3. The molecule has 2 nitrogen and oxygen atoms in total. The topological polar surface area (TPSA) is 35.2 Å². The standard InChI is InChI=1S/C19H17NO.ClH/c20-19(15-7-3-1-4-8-15)16-11-13-18(14-12-16)21-17-9-5-2-6-10-17;/h1-14,19H,20H2;1H. The maximum Gasteiger partial charge on any atom is 0.127 e. The molecule has 2 N–H and O–H groups in total. The van der Waals surface area contributed by atoms with Crippen LogP contribution in [0.2, 0.25) is 0 Å². The van der Waals surface area contributed by atoms with Crippen molar-refractivity contribution in [2.24, 2.45) is 5.73 Å². The molecule has 0 aromatic heterocycles. The van der Waals surface area contributed by atoms with Crippen LogP contribution in [0.3, 0.4) is 0 Å². The van der Waals surface area contributed by atoms with Gasteiger partial charge in [-0.15, -0.1) is 12.4 Å². The molecule has 0 aliphatic heterocycles. The predicted octanol–water partition coefficient (Wildman–Crippen LogP) is 4.95. The van der Waals surface area contributed by atoms with Gasteiger partial charge in [-0.05, 0) is 35.4 Å². The zero-order valence-corrected chi connectivity index (χ0v) is 12.9. The molecule has 0 saturated carbocycles. The van der Waals surface area contributed by atoms with Gasteiger partial charge in [0.1, 0.15) is 11.5 Å². The predicted molar refractivity (Wildman–Crippen MR) is 92.7 cm³/mol. The highest BCUT2D eigenvalue weighted by Gasteiger charge is 2.08. The summed E-state index contributed by atoms with van der Waals surface area (Å²) < 4.78 is 5.78. The van der Waals surface area contributed by atoms with E-state index in [0.717, 1.165) is 22.6 Å². The van der Waals surface area contributed by atoms with Gasteiger partial charge in [-0.25, -0.2) is 0 Å². The monoisotopic (exact) mass is 311 g/mol. The number of rotatable bonds is 4. The van der Waals surface area contributed by atoms with Gasteiger partial charge in [-0.2, -0.15) is 0 Å². The molecule has 3 rings (SSSR count). The first-order valence-electron chi connectivity index (χ1n) is 6.96. The summed E-state index contributed by atoms with van der Waals surface area (Å²) in [5.41, 5.74) is 8.45. The normalized spacial score (nSPS) is 11.3. The Labute approximate surface area is 137 Å². The van der Waals surface area contributed by atoms with Crippen molar-refractivity contribution in [2.45, 2.75) is 6.04 Å². The second-order valence-corrected chi connectivity index (χ2v) is 4.87. The van der Waals surface area contributed by atoms with Gasteiger partial charge >= 0.3 is 0 Å². The molecule has 22 heavy (non-hydrogen) atoms. The molecule has 1 unspecified atom stereocenters. The molecule has 0 radical (unpaired) electrons. The first kappa shape index (κ1) is 16.1. The number of benzene rings is 3. The Morgan fingerprint density at radius 2 is 1.05 bits per heavy atom. The summed E-state index contributed by atoms with van der Waals surface area (Å²) in [5, 5.41) is 0. The summed E-state index contributed by atoms with van der Waals surface area (Å²) in [6.45, 7) is 0. The van der Waals surface area contributed by atoms with Gasteiger partial charge in [0.15, 0.2) is 0 Å². The third-order valence-electron chi connectivity index (χ3n) is 3.38. The summed E-state index contributed by atoms with van der Waals surface area (Å²) in [6, 6.07) is 27.6. The van der Waals surface area contributed by atoms with Crippen molar-refractivity contribution in [1.29, 1.82) is 0 Å². The number of nitrogens with two attached hydrogens (primary N) is 1. The van der Waals surface area contributed by atoms with Crippen molar-refractivity contribution < 1.29 is 4.74 Å². The fourth-order valence-electron chi connectivity index (χ4n) is 2.22. The van der Waals surface area contributed by atoms with Crippen LogP contribution in [0.25, 0.3) is 0 Å². The number of halogens is 1. The molecule has 0 aliphatic rings. The van der Waals surface area contributed by atoms with E-state index in [4.69, 9.17) is 10.5 Å². The van der Waals surface area contributed by atoms with Crippen LogP contribution in [0.5, 0.6) is 11.5 Å². The van der Waals surface area contributed by atoms with E-state index in [1.807, 2.05) is 84.9 Å². The van der Waals surface area contributed by atoms with Gasteiger partial charge < -0.3 is 10.5 Å². The molecule has 0 bridgehead atoms. The second-order valence-electron chi connectivity index (χ2n) is 4.87. The minimum absolute atomic E-state index is 0. The minimum atomic E-state index is -0.114. The molecule has 1 atom stereocenters. The molecule has 3 heteroatoms. The Hall–Kier alpha value is -2.29. The molecular formula is C19H18ClNO. The van der Waals surface area contributed by atoms with Crippen molar-refractivity contribution in [3.05, 3.63) is 96.1 Å². The lowest BCUT2D eigenvalue weighted by molar-refractivity contribution is 0.482. The summed E-state index contributed by atoms with van der Waals surface area (Å²) in [4.78, 5) is 0. The molecule has 0 heterocycles. The SMILES string of the molecule is Cl.NC(c1ccccc1)c1ccc(Oc2ccccc2)cc1. The number of para-hydroxylation sites is 1. The summed E-state index contributed by atoms with van der Waals surface area (Å²) in [5.74, 6) is 1.64. The van der Waals surface area contributed by atoms with Crippen LogP contribution in [0.1, 0.15) is 17.2 Å². The average Bonchev–Trinajstić information content (AvgIpc) is 2.57. The molecule has 3 aromatic carbocycles. The zero-order valence-electron chi connectivity index (χ0n) is 12.1. The fraction of sp³-hybridized carbons (Fsp3) is 0.0526. The molecule has 0 spiro atoms. The van der Waals surface area contributed by atoms with E-state index < -0.39 is 0 Å². The third-order valence-corrected chi connectivity index (χ3v) is 3.38. The van der Waals surface area contributed by atoms with Crippen LogP contribution in [0, 0.1) is 0 Å². The highest BCUT2D eigenvalue weighted by Crippen LogP contribution is 2.25. The smallest absolute Gasteiger partial charge is 0.127 e. The van der Waals surface area contributed by atoms with Crippen molar-refractivity contribution >= 4 is 12.4 Å². The molecule has 0 saturated heterocycles. The number of hydrogen-bond donors (Lipinski definition) is 1. The van der Waals surface area contributed by atoms with Gasteiger partial charge in [0.2, 0.25) is 0 Å². The second kappa shape index (κ2) is 7.64. The summed E-state index contributed by atoms with van der Waals surface area (Å²) in [7, 11) is 0. The van der Waals surface area contributed by atoms with Gasteiger partial charge in [-0.3, -0.25) is 0 Å². The number of hydrogen-bond acceptors (Lipinski definition) is 2. The van der Waals surface area contributed by atoms with Crippen LogP contribution in [-0.4, -0.2) is 0 Å². The third kappa shape index (κ3) is 3.88. The van der Waals surface area contributed by atoms with Crippen LogP contribution in [-0.2, 0) is 0 Å². The van der Waals surface area contributed by atoms with E-state index >= 15 is 0 Å². The lowest BCUT2D eigenvalue weighted by atomic mass is 10.00. The maximum atomic E-state index is 6.28. The van der Waals surface area contributed by atoms with Gasteiger partial charge in [-0.1, -0.05) is 60.7 Å². The van der Waals surface area contributed by atoms with Crippen LogP contribution in [0.15, 0.2) is 84.9 Å². The largest absolute Gasteiger partial charge is 0.457 e. The average molecular weight is 312 g/mol. The fourth-order valence-corrected chi connectivity index (χ4v) is 2.22. The van der Waals surface area contributed by atoms with E-state index in [2.05, 4.69) is 0 Å². The molecule has 112 valence electrons. The van der Waals surface area contributed by atoms with E-state index in [9.17, 15) is 0 Å². The molecule has 0 aliphatic carbocycles. The van der Waals surface area contributed by atoms with Crippen molar-refractivity contribution in [3.8, 4) is 11.5 Å². The zero-order chi connectivity index (χ0) is 14.5. The van der Waals surface area contributed by atoms with E-state index in [1.54, 1.807) is 0 Å². The highest BCUT2D eigenvalue weighted by molar-refractivity contribution is 5.85. The quantitative estimate of drug-likeness (QED) is 0.740. The van der Waals surface area contributed by atoms with E-state index in [-0.39, 0.29) is 18.4 Å². The Bertz CT molecular complexity index is 684. The van der Waals surface area contributed by atoms with E-state index in [0.29, 0.717) is 0 Å². The van der Waals surface area contributed by atoms with Crippen LogP contribution in [0.4, 0.5) is 0 Å². The van der Waals surface area contributed by atoms with Gasteiger partial charge in [0.25, 0.3) is 0 Å².